The largest absolute Gasteiger partial charge is 0.466 e. The number of esters is 1. The highest BCUT2D eigenvalue weighted by Crippen LogP contribution is 2.31. The first-order valence-corrected chi connectivity index (χ1v) is 14.7. The standard InChI is InChI=1S/C23H21N3O6.H3N.2H3O4P/c1-14-18(27)19(32-22(29)16-10-6-3-7-11-16)21(31-14)26-13-12-17(25-23(26)30)24-20(28)15-8-4-2-5-9-15;;2*1-5(2,3)4/h2-14,18-19,21,27H,1H3,(H,24,25,28,30);1H3;2*(H3,1,2,3,4)/t14-,18-,19+,21-;;;/m1.../s1. The average molecular weight is 648 g/mol. The number of carbonyl (C=O) groups is 2. The van der Waals surface area contributed by atoms with Gasteiger partial charge in [0.15, 0.2) is 12.3 Å². The Hall–Kier alpha value is -3.64. The van der Waals surface area contributed by atoms with Crippen molar-refractivity contribution < 1.29 is 62.7 Å². The monoisotopic (exact) mass is 648 g/mol. The van der Waals surface area contributed by atoms with E-state index >= 15 is 0 Å². The number of phosphoric acid groups is 2. The Morgan fingerprint density at radius 3 is 1.81 bits per heavy atom. The molecule has 1 aliphatic rings. The Balaban J connectivity index is 0.000000729. The topological polar surface area (TPSA) is 310 Å². The van der Waals surface area contributed by atoms with Crippen LogP contribution < -0.4 is 17.2 Å². The van der Waals surface area contributed by atoms with E-state index in [1.54, 1.807) is 67.6 Å². The lowest BCUT2D eigenvalue weighted by Crippen LogP contribution is -2.38. The minimum absolute atomic E-state index is 0. The summed E-state index contributed by atoms with van der Waals surface area (Å²) in [6, 6.07) is 18.2. The van der Waals surface area contributed by atoms with E-state index < -0.39 is 57.8 Å². The number of nitrogens with one attached hydrogen (secondary N) is 1. The van der Waals surface area contributed by atoms with Crippen molar-refractivity contribution in [1.29, 1.82) is 0 Å². The summed E-state index contributed by atoms with van der Waals surface area (Å²) in [6.07, 6.45) is -2.65. The molecule has 18 nitrogen and oxygen atoms in total. The fourth-order valence-corrected chi connectivity index (χ4v) is 3.39. The smallest absolute Gasteiger partial charge is 0.451 e. The second kappa shape index (κ2) is 16.3. The van der Waals surface area contributed by atoms with Crippen LogP contribution in [0.25, 0.3) is 0 Å². The predicted octanol–water partition coefficient (Wildman–Crippen LogP) is 0.304. The fraction of sp³-hybridized carbons (Fsp3) is 0.217. The molecule has 1 amide bonds. The van der Waals surface area contributed by atoms with Crippen LogP contribution in [0.1, 0.15) is 33.9 Å². The first-order valence-electron chi connectivity index (χ1n) is 11.6. The Labute approximate surface area is 243 Å². The van der Waals surface area contributed by atoms with Crippen LogP contribution in [-0.2, 0) is 18.6 Å². The maximum absolute atomic E-state index is 12.7. The molecule has 0 radical (unpaired) electrons. The fourth-order valence-electron chi connectivity index (χ4n) is 3.39. The molecule has 0 aliphatic carbocycles. The third-order valence-corrected chi connectivity index (χ3v) is 5.09. The van der Waals surface area contributed by atoms with E-state index in [0.717, 1.165) is 4.57 Å². The summed E-state index contributed by atoms with van der Waals surface area (Å²) in [4.78, 5) is 84.4. The maximum Gasteiger partial charge on any atom is 0.466 e. The summed E-state index contributed by atoms with van der Waals surface area (Å²) < 4.78 is 30.1. The van der Waals surface area contributed by atoms with Crippen molar-refractivity contribution in [3.05, 3.63) is 94.5 Å². The summed E-state index contributed by atoms with van der Waals surface area (Å²) in [5.41, 5.74) is -0.00666. The van der Waals surface area contributed by atoms with Crippen molar-refractivity contribution in [2.24, 2.45) is 0 Å². The van der Waals surface area contributed by atoms with Crippen molar-refractivity contribution in [1.82, 2.24) is 15.7 Å². The molecular weight excluding hydrogens is 618 g/mol. The van der Waals surface area contributed by atoms with Gasteiger partial charge in [-0.05, 0) is 37.3 Å². The Morgan fingerprint density at radius 1 is 0.884 bits per heavy atom. The summed E-state index contributed by atoms with van der Waals surface area (Å²) in [6.45, 7) is 1.61. The molecule has 0 saturated carbocycles. The van der Waals surface area contributed by atoms with Crippen LogP contribution in [0, 0.1) is 0 Å². The van der Waals surface area contributed by atoms with Gasteiger partial charge in [-0.3, -0.25) is 9.36 Å². The number of carbonyl (C=O) groups excluding carboxylic acids is 2. The molecule has 0 bridgehead atoms. The first kappa shape index (κ1) is 37.4. The number of amides is 1. The second-order valence-corrected chi connectivity index (χ2v) is 10.4. The number of hydrogen-bond donors (Lipinski definition) is 9. The van der Waals surface area contributed by atoms with Crippen LogP contribution >= 0.6 is 15.6 Å². The molecule has 0 spiro atoms. The molecule has 236 valence electrons. The number of ether oxygens (including phenoxy) is 2. The Bertz CT molecular complexity index is 1460. The molecule has 2 aromatic carbocycles. The third kappa shape index (κ3) is 13.5. The lowest BCUT2D eigenvalue weighted by molar-refractivity contribution is -0.0492. The van der Waals surface area contributed by atoms with Gasteiger partial charge in [-0.15, -0.1) is 0 Å². The summed E-state index contributed by atoms with van der Waals surface area (Å²) in [7, 11) is -9.28. The number of aromatic nitrogens is 2. The van der Waals surface area contributed by atoms with Crippen molar-refractivity contribution >= 4 is 33.3 Å². The molecule has 2 heterocycles. The quantitative estimate of drug-likeness (QED) is 0.133. The lowest BCUT2D eigenvalue weighted by Gasteiger charge is -2.22. The van der Waals surface area contributed by atoms with E-state index in [4.69, 9.17) is 48.0 Å². The summed E-state index contributed by atoms with van der Waals surface area (Å²) >= 11 is 0. The van der Waals surface area contributed by atoms with Gasteiger partial charge in [0.05, 0.1) is 11.7 Å². The zero-order chi connectivity index (χ0) is 31.7. The van der Waals surface area contributed by atoms with Crippen molar-refractivity contribution in [3.8, 4) is 0 Å². The van der Waals surface area contributed by atoms with E-state index in [0.29, 0.717) is 11.1 Å². The molecule has 1 aromatic heterocycles. The zero-order valence-corrected chi connectivity index (χ0v) is 24.0. The van der Waals surface area contributed by atoms with Crippen molar-refractivity contribution in [2.75, 3.05) is 5.32 Å². The number of anilines is 1. The number of aliphatic hydroxyl groups is 1. The van der Waals surface area contributed by atoms with Gasteiger partial charge in [-0.25, -0.2) is 18.7 Å². The normalized spacial score (nSPS) is 19.3. The molecule has 4 atom stereocenters. The maximum atomic E-state index is 12.7. The molecule has 3 aromatic rings. The van der Waals surface area contributed by atoms with Crippen molar-refractivity contribution in [2.45, 2.75) is 31.5 Å². The van der Waals surface area contributed by atoms with Crippen LogP contribution in [0.2, 0.25) is 0 Å². The zero-order valence-electron chi connectivity index (χ0n) is 22.2. The van der Waals surface area contributed by atoms with Gasteiger partial charge in [0.1, 0.15) is 11.9 Å². The van der Waals surface area contributed by atoms with Gasteiger partial charge in [0.25, 0.3) is 5.91 Å². The van der Waals surface area contributed by atoms with Crippen LogP contribution in [0.3, 0.4) is 0 Å². The van der Waals surface area contributed by atoms with E-state index in [1.807, 2.05) is 0 Å². The SMILES string of the molecule is C[C@H]1O[C@@H](n2ccc(NC(=O)c3ccccc3)nc2=O)[C@@H](OC(=O)c2ccccc2)[C@@H]1O.N.O=P(O)(O)O.O=P(O)(O)O. The van der Waals surface area contributed by atoms with Crippen LogP contribution in [-0.4, -0.2) is 74.2 Å². The molecule has 1 saturated heterocycles. The summed E-state index contributed by atoms with van der Waals surface area (Å²) in [5.74, 6) is -0.999. The Morgan fingerprint density at radius 2 is 1.35 bits per heavy atom. The van der Waals surface area contributed by atoms with Gasteiger partial charge in [-0.2, -0.15) is 4.98 Å². The number of nitrogens with zero attached hydrogens (tertiary/aromatic N) is 2. The van der Waals surface area contributed by atoms with Gasteiger partial charge < -0.3 is 55.4 Å². The van der Waals surface area contributed by atoms with Crippen LogP contribution in [0.4, 0.5) is 5.82 Å². The molecular formula is C23H30N4O14P2. The van der Waals surface area contributed by atoms with E-state index in [2.05, 4.69) is 10.3 Å². The number of benzene rings is 2. The highest BCUT2D eigenvalue weighted by molar-refractivity contribution is 7.45. The van der Waals surface area contributed by atoms with Gasteiger partial charge in [0.2, 0.25) is 0 Å². The molecule has 43 heavy (non-hydrogen) atoms. The third-order valence-electron chi connectivity index (χ3n) is 5.09. The van der Waals surface area contributed by atoms with E-state index in [9.17, 15) is 19.5 Å². The highest BCUT2D eigenvalue weighted by atomic mass is 31.2. The lowest BCUT2D eigenvalue weighted by atomic mass is 10.1. The highest BCUT2D eigenvalue weighted by Gasteiger charge is 2.45. The minimum atomic E-state index is -4.64. The van der Waals surface area contributed by atoms with E-state index in [1.165, 1.54) is 12.3 Å². The number of hydrogen-bond acceptors (Lipinski definition) is 10. The van der Waals surface area contributed by atoms with Crippen molar-refractivity contribution in [3.63, 3.8) is 0 Å². The van der Waals surface area contributed by atoms with E-state index in [-0.39, 0.29) is 12.0 Å². The molecule has 1 aliphatic heterocycles. The van der Waals surface area contributed by atoms with Gasteiger partial charge >= 0.3 is 27.3 Å². The first-order chi connectivity index (χ1) is 19.4. The molecule has 20 heteroatoms. The number of aliphatic hydroxyl groups excluding tert-OH is 1. The average Bonchev–Trinajstić information content (AvgIpc) is 3.16. The van der Waals surface area contributed by atoms with Gasteiger partial charge in [-0.1, -0.05) is 36.4 Å². The molecule has 1 fully saturated rings. The van der Waals surface area contributed by atoms with Crippen LogP contribution in [0.5, 0.6) is 0 Å². The summed E-state index contributed by atoms with van der Waals surface area (Å²) in [5, 5.41) is 13.0. The molecule has 11 N–H and O–H groups in total. The Kier molecular flexibility index (Phi) is 14.1. The number of rotatable bonds is 5. The van der Waals surface area contributed by atoms with Gasteiger partial charge in [0, 0.05) is 11.8 Å². The second-order valence-electron chi connectivity index (χ2n) is 8.31. The molecule has 4 rings (SSSR count). The minimum Gasteiger partial charge on any atom is -0.451 e. The predicted molar refractivity (Wildman–Crippen MR) is 148 cm³/mol. The molecule has 0 unspecified atom stereocenters. The van der Waals surface area contributed by atoms with Crippen LogP contribution in [0.15, 0.2) is 77.7 Å².